The molecule has 2 amide bonds. The standard InChI is InChI=1S/C20H20F2N2O4/c1-12(25)23-17(11-14-4-2-3-5-16(14)22)19(26)24-18(20(27)28)10-13-6-8-15(21)9-7-13/h2-9,17-18H,10-11H2,1H3,(H,23,25)(H,24,26)(H,27,28)/t17-,18+/m0/s1. The largest absolute Gasteiger partial charge is 0.480 e. The van der Waals surface area contributed by atoms with E-state index in [2.05, 4.69) is 10.6 Å². The van der Waals surface area contributed by atoms with Gasteiger partial charge in [0.25, 0.3) is 0 Å². The molecule has 148 valence electrons. The van der Waals surface area contributed by atoms with Crippen molar-refractivity contribution in [3.8, 4) is 0 Å². The second kappa shape index (κ2) is 9.59. The van der Waals surface area contributed by atoms with Gasteiger partial charge in [0.15, 0.2) is 0 Å². The van der Waals surface area contributed by atoms with Crippen LogP contribution in [0.3, 0.4) is 0 Å². The fourth-order valence-electron chi connectivity index (χ4n) is 2.67. The Morgan fingerprint density at radius 3 is 2.14 bits per heavy atom. The van der Waals surface area contributed by atoms with Crippen LogP contribution >= 0.6 is 0 Å². The molecule has 2 aromatic carbocycles. The molecule has 3 N–H and O–H groups in total. The normalized spacial score (nSPS) is 12.7. The van der Waals surface area contributed by atoms with Crippen molar-refractivity contribution in [2.75, 3.05) is 0 Å². The van der Waals surface area contributed by atoms with Crippen molar-refractivity contribution < 1.29 is 28.3 Å². The number of carbonyl (C=O) groups is 3. The predicted octanol–water partition coefficient (Wildman–Crippen LogP) is 1.82. The monoisotopic (exact) mass is 390 g/mol. The Bertz CT molecular complexity index is 856. The minimum Gasteiger partial charge on any atom is -0.480 e. The smallest absolute Gasteiger partial charge is 0.326 e. The van der Waals surface area contributed by atoms with Crippen LogP contribution in [0.1, 0.15) is 18.1 Å². The van der Waals surface area contributed by atoms with Crippen LogP contribution in [0.25, 0.3) is 0 Å². The zero-order valence-electron chi connectivity index (χ0n) is 15.1. The van der Waals surface area contributed by atoms with Crippen molar-refractivity contribution in [1.82, 2.24) is 10.6 Å². The maximum absolute atomic E-state index is 13.9. The van der Waals surface area contributed by atoms with Crippen LogP contribution in [0, 0.1) is 11.6 Å². The van der Waals surface area contributed by atoms with E-state index in [1.165, 1.54) is 49.4 Å². The second-order valence-electron chi connectivity index (χ2n) is 6.28. The fraction of sp³-hybridized carbons (Fsp3) is 0.250. The first-order valence-electron chi connectivity index (χ1n) is 8.54. The van der Waals surface area contributed by atoms with Crippen LogP contribution in [0.2, 0.25) is 0 Å². The Hall–Kier alpha value is -3.29. The zero-order chi connectivity index (χ0) is 20.7. The minimum atomic E-state index is -1.30. The number of benzene rings is 2. The van der Waals surface area contributed by atoms with E-state index in [0.717, 1.165) is 0 Å². The summed E-state index contributed by atoms with van der Waals surface area (Å²) < 4.78 is 26.9. The first kappa shape index (κ1) is 21.0. The molecule has 8 heteroatoms. The summed E-state index contributed by atoms with van der Waals surface area (Å²) in [6.07, 6.45) is -0.213. The number of carboxylic acid groups (broad SMARTS) is 1. The van der Waals surface area contributed by atoms with Crippen LogP contribution < -0.4 is 10.6 Å². The van der Waals surface area contributed by atoms with Crippen molar-refractivity contribution in [1.29, 1.82) is 0 Å². The first-order chi connectivity index (χ1) is 13.3. The summed E-state index contributed by atoms with van der Waals surface area (Å²) in [6.45, 7) is 1.20. The van der Waals surface area contributed by atoms with Crippen LogP contribution in [-0.4, -0.2) is 35.0 Å². The third-order valence-electron chi connectivity index (χ3n) is 4.04. The molecule has 0 saturated heterocycles. The van der Waals surface area contributed by atoms with Gasteiger partial charge in [-0.1, -0.05) is 30.3 Å². The summed E-state index contributed by atoms with van der Waals surface area (Å²) in [5.74, 6) is -3.55. The highest BCUT2D eigenvalue weighted by Gasteiger charge is 2.27. The summed E-state index contributed by atoms with van der Waals surface area (Å²) in [5.41, 5.74) is 0.723. The molecular formula is C20H20F2N2O4. The lowest BCUT2D eigenvalue weighted by atomic mass is 10.0. The van der Waals surface area contributed by atoms with Crippen LogP contribution in [0.15, 0.2) is 48.5 Å². The van der Waals surface area contributed by atoms with Gasteiger partial charge in [-0.2, -0.15) is 0 Å². The Kier molecular flexibility index (Phi) is 7.20. The Balaban J connectivity index is 2.14. The van der Waals surface area contributed by atoms with Gasteiger partial charge in [0, 0.05) is 19.8 Å². The van der Waals surface area contributed by atoms with Gasteiger partial charge in [0.2, 0.25) is 11.8 Å². The van der Waals surface area contributed by atoms with E-state index >= 15 is 0 Å². The maximum atomic E-state index is 13.9. The second-order valence-corrected chi connectivity index (χ2v) is 6.28. The number of aliphatic carboxylic acids is 1. The number of halogens is 2. The summed E-state index contributed by atoms with van der Waals surface area (Å²) in [5, 5.41) is 14.2. The molecule has 0 aliphatic carbocycles. The molecule has 6 nitrogen and oxygen atoms in total. The molecular weight excluding hydrogens is 370 g/mol. The summed E-state index contributed by atoms with van der Waals surface area (Å²) in [7, 11) is 0. The van der Waals surface area contributed by atoms with Gasteiger partial charge in [-0.05, 0) is 29.3 Å². The highest BCUT2D eigenvalue weighted by atomic mass is 19.1. The van der Waals surface area contributed by atoms with Gasteiger partial charge in [0.05, 0.1) is 0 Å². The predicted molar refractivity (Wildman–Crippen MR) is 97.4 cm³/mol. The van der Waals surface area contributed by atoms with E-state index in [0.29, 0.717) is 5.56 Å². The molecule has 2 atom stereocenters. The van der Waals surface area contributed by atoms with E-state index < -0.39 is 41.5 Å². The topological polar surface area (TPSA) is 95.5 Å². The van der Waals surface area contributed by atoms with E-state index in [9.17, 15) is 28.3 Å². The maximum Gasteiger partial charge on any atom is 0.326 e. The van der Waals surface area contributed by atoms with Crippen LogP contribution in [0.5, 0.6) is 0 Å². The van der Waals surface area contributed by atoms with Gasteiger partial charge in [-0.25, -0.2) is 13.6 Å². The van der Waals surface area contributed by atoms with Gasteiger partial charge in [0.1, 0.15) is 23.7 Å². The molecule has 0 aliphatic heterocycles. The zero-order valence-corrected chi connectivity index (χ0v) is 15.1. The fourth-order valence-corrected chi connectivity index (χ4v) is 2.67. The highest BCUT2D eigenvalue weighted by Crippen LogP contribution is 2.11. The number of carbonyl (C=O) groups excluding carboxylic acids is 2. The average Bonchev–Trinajstić information content (AvgIpc) is 2.63. The number of nitrogens with one attached hydrogen (secondary N) is 2. The van der Waals surface area contributed by atoms with E-state index in [1.54, 1.807) is 6.07 Å². The number of rotatable bonds is 8. The molecule has 0 heterocycles. The molecule has 2 rings (SSSR count). The summed E-state index contributed by atoms with van der Waals surface area (Å²) in [6, 6.07) is 8.56. The SMILES string of the molecule is CC(=O)N[C@@H](Cc1ccccc1F)C(=O)N[C@H](Cc1ccc(F)cc1)C(=O)O. The van der Waals surface area contributed by atoms with E-state index in [-0.39, 0.29) is 18.4 Å². The molecule has 0 spiro atoms. The van der Waals surface area contributed by atoms with Crippen molar-refractivity contribution in [3.63, 3.8) is 0 Å². The molecule has 0 radical (unpaired) electrons. The number of amides is 2. The first-order valence-corrected chi connectivity index (χ1v) is 8.54. The molecule has 28 heavy (non-hydrogen) atoms. The highest BCUT2D eigenvalue weighted by molar-refractivity contribution is 5.90. The summed E-state index contributed by atoms with van der Waals surface area (Å²) in [4.78, 5) is 35.5. The molecule has 0 unspecified atom stereocenters. The van der Waals surface area contributed by atoms with Gasteiger partial charge in [-0.3, -0.25) is 9.59 Å². The van der Waals surface area contributed by atoms with Crippen molar-refractivity contribution in [2.45, 2.75) is 31.8 Å². The van der Waals surface area contributed by atoms with Crippen molar-refractivity contribution >= 4 is 17.8 Å². The van der Waals surface area contributed by atoms with Crippen molar-refractivity contribution in [3.05, 3.63) is 71.3 Å². The third-order valence-corrected chi connectivity index (χ3v) is 4.04. The summed E-state index contributed by atoms with van der Waals surface area (Å²) >= 11 is 0. The van der Waals surface area contributed by atoms with E-state index in [4.69, 9.17) is 0 Å². The molecule has 0 fully saturated rings. The number of carboxylic acids is 1. The lowest BCUT2D eigenvalue weighted by Crippen LogP contribution is -2.52. The third kappa shape index (κ3) is 6.15. The lowest BCUT2D eigenvalue weighted by molar-refractivity contribution is -0.142. The van der Waals surface area contributed by atoms with Crippen molar-refractivity contribution in [2.24, 2.45) is 0 Å². The van der Waals surface area contributed by atoms with Gasteiger partial charge >= 0.3 is 5.97 Å². The Morgan fingerprint density at radius 2 is 1.57 bits per heavy atom. The van der Waals surface area contributed by atoms with Crippen LogP contribution in [-0.2, 0) is 27.2 Å². The lowest BCUT2D eigenvalue weighted by Gasteiger charge is -2.21. The quantitative estimate of drug-likeness (QED) is 0.641. The molecule has 0 saturated carbocycles. The van der Waals surface area contributed by atoms with Gasteiger partial charge < -0.3 is 15.7 Å². The average molecular weight is 390 g/mol. The Labute approximate surface area is 160 Å². The molecule has 0 bridgehead atoms. The molecule has 0 aromatic heterocycles. The Morgan fingerprint density at radius 1 is 0.929 bits per heavy atom. The molecule has 2 aromatic rings. The number of hydrogen-bond donors (Lipinski definition) is 3. The number of hydrogen-bond acceptors (Lipinski definition) is 3. The van der Waals surface area contributed by atoms with Gasteiger partial charge in [-0.15, -0.1) is 0 Å². The van der Waals surface area contributed by atoms with E-state index in [1.807, 2.05) is 0 Å². The van der Waals surface area contributed by atoms with Crippen LogP contribution in [0.4, 0.5) is 8.78 Å². The minimum absolute atomic E-state index is 0.0756. The molecule has 0 aliphatic rings.